The average molecular weight is 379 g/mol. The van der Waals surface area contributed by atoms with Crippen LogP contribution in [0.3, 0.4) is 0 Å². The molecule has 0 heterocycles. The molecule has 0 aromatic heterocycles. The lowest BCUT2D eigenvalue weighted by Gasteiger charge is -2.14. The van der Waals surface area contributed by atoms with Gasteiger partial charge in [-0.2, -0.15) is 0 Å². The minimum atomic E-state index is -3.45. The van der Waals surface area contributed by atoms with Crippen molar-refractivity contribution in [2.75, 3.05) is 12.9 Å². The lowest BCUT2D eigenvalue weighted by molar-refractivity contribution is -0.124. The minimum absolute atomic E-state index is 0.0127. The topological polar surface area (TPSA) is 89.5 Å². The fourth-order valence-corrected chi connectivity index (χ4v) is 2.85. The fraction of sp³-hybridized carbons (Fsp3) is 0.222. The van der Waals surface area contributed by atoms with E-state index < -0.39 is 34.4 Å². The highest BCUT2D eigenvalue weighted by atomic mass is 32.2. The smallest absolute Gasteiger partial charge is 0.338 e. The monoisotopic (exact) mass is 379 g/mol. The van der Waals surface area contributed by atoms with Crippen molar-refractivity contribution in [1.82, 2.24) is 5.32 Å². The first-order chi connectivity index (χ1) is 12.2. The molecular formula is C18H18FNO5S. The zero-order valence-corrected chi connectivity index (χ0v) is 15.0. The maximum Gasteiger partial charge on any atom is 0.338 e. The third kappa shape index (κ3) is 5.38. The van der Waals surface area contributed by atoms with Crippen LogP contribution in [0, 0.1) is 5.82 Å². The van der Waals surface area contributed by atoms with Crippen LogP contribution < -0.4 is 5.32 Å². The SMILES string of the molecule is CC(NC(=O)COC(=O)c1cccc(S(C)(=O)=O)c1)c1ccc(F)cc1. The highest BCUT2D eigenvalue weighted by molar-refractivity contribution is 7.90. The summed E-state index contributed by atoms with van der Waals surface area (Å²) in [6.07, 6.45) is 1.03. The normalized spacial score (nSPS) is 12.3. The molecule has 26 heavy (non-hydrogen) atoms. The molecule has 2 aromatic carbocycles. The molecule has 1 unspecified atom stereocenters. The van der Waals surface area contributed by atoms with Crippen LogP contribution in [0.5, 0.6) is 0 Å². The summed E-state index contributed by atoms with van der Waals surface area (Å²) in [5.74, 6) is -1.72. The predicted octanol–water partition coefficient (Wildman–Crippen LogP) is 2.26. The highest BCUT2D eigenvalue weighted by Crippen LogP contribution is 2.14. The highest BCUT2D eigenvalue weighted by Gasteiger charge is 2.15. The van der Waals surface area contributed by atoms with Gasteiger partial charge in [0.15, 0.2) is 16.4 Å². The van der Waals surface area contributed by atoms with Crippen LogP contribution in [0.2, 0.25) is 0 Å². The van der Waals surface area contributed by atoms with Crippen molar-refractivity contribution in [2.45, 2.75) is 17.9 Å². The van der Waals surface area contributed by atoms with E-state index in [-0.39, 0.29) is 16.3 Å². The van der Waals surface area contributed by atoms with Crippen molar-refractivity contribution in [3.8, 4) is 0 Å². The van der Waals surface area contributed by atoms with Gasteiger partial charge >= 0.3 is 5.97 Å². The molecule has 0 fully saturated rings. The van der Waals surface area contributed by atoms with E-state index in [1.165, 1.54) is 36.4 Å². The van der Waals surface area contributed by atoms with E-state index >= 15 is 0 Å². The van der Waals surface area contributed by atoms with Gasteiger partial charge in [-0.1, -0.05) is 18.2 Å². The molecule has 8 heteroatoms. The zero-order chi connectivity index (χ0) is 19.3. The molecule has 0 aliphatic heterocycles. The minimum Gasteiger partial charge on any atom is -0.452 e. The number of nitrogens with one attached hydrogen (secondary N) is 1. The Bertz CT molecular complexity index is 909. The van der Waals surface area contributed by atoms with E-state index in [1.54, 1.807) is 19.1 Å². The number of amides is 1. The van der Waals surface area contributed by atoms with Crippen LogP contribution in [0.25, 0.3) is 0 Å². The molecule has 138 valence electrons. The molecule has 0 saturated carbocycles. The van der Waals surface area contributed by atoms with Crippen LogP contribution in [-0.4, -0.2) is 33.2 Å². The van der Waals surface area contributed by atoms with Gasteiger partial charge in [0.05, 0.1) is 16.5 Å². The Morgan fingerprint density at radius 2 is 1.81 bits per heavy atom. The third-order valence-corrected chi connectivity index (χ3v) is 4.69. The molecule has 0 aliphatic rings. The number of hydrogen-bond donors (Lipinski definition) is 1. The van der Waals surface area contributed by atoms with Gasteiger partial charge in [0, 0.05) is 6.26 Å². The molecule has 1 N–H and O–H groups in total. The van der Waals surface area contributed by atoms with Crippen molar-refractivity contribution in [3.05, 3.63) is 65.5 Å². The van der Waals surface area contributed by atoms with Crippen molar-refractivity contribution in [2.24, 2.45) is 0 Å². The second-order valence-electron chi connectivity index (χ2n) is 5.72. The van der Waals surface area contributed by atoms with Crippen LogP contribution in [0.15, 0.2) is 53.4 Å². The van der Waals surface area contributed by atoms with E-state index in [1.807, 2.05) is 0 Å². The summed E-state index contributed by atoms with van der Waals surface area (Å²) in [5.41, 5.74) is 0.735. The Balaban J connectivity index is 1.92. The zero-order valence-electron chi connectivity index (χ0n) is 14.2. The van der Waals surface area contributed by atoms with E-state index in [0.29, 0.717) is 5.56 Å². The molecule has 0 aliphatic carbocycles. The number of carbonyl (C=O) groups excluding carboxylic acids is 2. The van der Waals surface area contributed by atoms with Crippen molar-refractivity contribution in [3.63, 3.8) is 0 Å². The average Bonchev–Trinajstić information content (AvgIpc) is 2.59. The van der Waals surface area contributed by atoms with Gasteiger partial charge in [0.25, 0.3) is 5.91 Å². The maximum atomic E-state index is 12.9. The quantitative estimate of drug-likeness (QED) is 0.778. The summed E-state index contributed by atoms with van der Waals surface area (Å²) in [7, 11) is -3.45. The van der Waals surface area contributed by atoms with Gasteiger partial charge in [0.2, 0.25) is 0 Å². The Morgan fingerprint density at radius 3 is 2.42 bits per heavy atom. The lowest BCUT2D eigenvalue weighted by atomic mass is 10.1. The number of esters is 1. The predicted molar refractivity (Wildman–Crippen MR) is 92.8 cm³/mol. The summed E-state index contributed by atoms with van der Waals surface area (Å²) >= 11 is 0. The van der Waals surface area contributed by atoms with E-state index in [0.717, 1.165) is 6.26 Å². The van der Waals surface area contributed by atoms with Gasteiger partial charge < -0.3 is 10.1 Å². The summed E-state index contributed by atoms with van der Waals surface area (Å²) in [6.45, 7) is 1.19. The van der Waals surface area contributed by atoms with Gasteiger partial charge in [-0.15, -0.1) is 0 Å². The summed E-state index contributed by atoms with van der Waals surface area (Å²) in [4.78, 5) is 23.9. The summed E-state index contributed by atoms with van der Waals surface area (Å²) < 4.78 is 40.8. The molecule has 0 radical (unpaired) electrons. The number of benzene rings is 2. The Morgan fingerprint density at radius 1 is 1.15 bits per heavy atom. The van der Waals surface area contributed by atoms with Crippen molar-refractivity contribution >= 4 is 21.7 Å². The third-order valence-electron chi connectivity index (χ3n) is 3.58. The van der Waals surface area contributed by atoms with Gasteiger partial charge in [-0.05, 0) is 42.8 Å². The molecule has 1 amide bonds. The first kappa shape index (κ1) is 19.6. The lowest BCUT2D eigenvalue weighted by Crippen LogP contribution is -2.31. The fourth-order valence-electron chi connectivity index (χ4n) is 2.19. The molecule has 2 aromatic rings. The first-order valence-electron chi connectivity index (χ1n) is 7.69. The molecular weight excluding hydrogens is 361 g/mol. The molecule has 0 spiro atoms. The Labute approximate surface area is 150 Å². The van der Waals surface area contributed by atoms with E-state index in [2.05, 4.69) is 5.32 Å². The molecule has 6 nitrogen and oxygen atoms in total. The Kier molecular flexibility index (Phi) is 6.10. The molecule has 1 atom stereocenters. The van der Waals surface area contributed by atoms with Gasteiger partial charge in [0.1, 0.15) is 5.82 Å². The number of halogens is 1. The first-order valence-corrected chi connectivity index (χ1v) is 9.58. The largest absolute Gasteiger partial charge is 0.452 e. The Hall–Kier alpha value is -2.74. The van der Waals surface area contributed by atoms with E-state index in [9.17, 15) is 22.4 Å². The number of sulfone groups is 1. The van der Waals surface area contributed by atoms with Gasteiger partial charge in [-0.3, -0.25) is 4.79 Å². The summed E-state index contributed by atoms with van der Waals surface area (Å²) in [5, 5.41) is 2.62. The second-order valence-corrected chi connectivity index (χ2v) is 7.73. The van der Waals surface area contributed by atoms with Crippen LogP contribution in [-0.2, 0) is 19.4 Å². The summed E-state index contributed by atoms with van der Waals surface area (Å²) in [6, 6.07) is 10.6. The van der Waals surface area contributed by atoms with Crippen LogP contribution in [0.4, 0.5) is 4.39 Å². The number of rotatable bonds is 6. The molecule has 2 rings (SSSR count). The van der Waals surface area contributed by atoms with Crippen LogP contribution >= 0.6 is 0 Å². The van der Waals surface area contributed by atoms with Crippen molar-refractivity contribution < 1.29 is 27.1 Å². The second kappa shape index (κ2) is 8.09. The van der Waals surface area contributed by atoms with E-state index in [4.69, 9.17) is 4.74 Å². The number of hydrogen-bond acceptors (Lipinski definition) is 5. The molecule has 0 bridgehead atoms. The van der Waals surface area contributed by atoms with Crippen LogP contribution in [0.1, 0.15) is 28.9 Å². The standard InChI is InChI=1S/C18H18FNO5S/c1-12(13-6-8-15(19)9-7-13)20-17(21)11-25-18(22)14-4-3-5-16(10-14)26(2,23)24/h3-10,12H,11H2,1-2H3,(H,20,21). The van der Waals surface area contributed by atoms with Crippen molar-refractivity contribution in [1.29, 1.82) is 0 Å². The number of ether oxygens (including phenoxy) is 1. The maximum absolute atomic E-state index is 12.9. The number of carbonyl (C=O) groups is 2. The van der Waals surface area contributed by atoms with Gasteiger partial charge in [-0.25, -0.2) is 17.6 Å². The molecule has 0 saturated heterocycles.